The molecule has 36 heavy (non-hydrogen) atoms. The number of anilines is 1. The van der Waals surface area contributed by atoms with E-state index >= 15 is 0 Å². The van der Waals surface area contributed by atoms with Gasteiger partial charge in [0.25, 0.3) is 0 Å². The van der Waals surface area contributed by atoms with Crippen LogP contribution in [0.3, 0.4) is 0 Å². The number of thiophene rings is 1. The van der Waals surface area contributed by atoms with E-state index in [0.717, 1.165) is 29.8 Å². The molecule has 4 atom stereocenters. The fraction of sp³-hybridized carbons (Fsp3) is 0.429. The molecular weight excluding hydrogens is 472 g/mol. The highest BCUT2D eigenvalue weighted by Crippen LogP contribution is 2.39. The van der Waals surface area contributed by atoms with Crippen molar-refractivity contribution in [2.45, 2.75) is 51.0 Å². The molecule has 1 aromatic carbocycles. The summed E-state index contributed by atoms with van der Waals surface area (Å²) in [5.41, 5.74) is 5.21. The number of aryl methyl sites for hydroxylation is 1. The smallest absolute Gasteiger partial charge is 0.208 e. The van der Waals surface area contributed by atoms with Crippen molar-refractivity contribution in [2.24, 2.45) is 5.92 Å². The summed E-state index contributed by atoms with van der Waals surface area (Å²) in [5, 5.41) is 13.4. The molecule has 0 saturated heterocycles. The third-order valence-electron chi connectivity index (χ3n) is 7.07. The maximum absolute atomic E-state index is 13.6. The van der Waals surface area contributed by atoms with Gasteiger partial charge in [-0.2, -0.15) is 0 Å². The predicted molar refractivity (Wildman–Crippen MR) is 141 cm³/mol. The Hall–Kier alpha value is -2.65. The minimum atomic E-state index is -0.442. The second kappa shape index (κ2) is 10.4. The van der Waals surface area contributed by atoms with Crippen LogP contribution in [0, 0.1) is 19.8 Å². The molecule has 1 radical (unpaired) electrons. The summed E-state index contributed by atoms with van der Waals surface area (Å²) in [6.07, 6.45) is 4.59. The molecule has 8 heteroatoms. The lowest BCUT2D eigenvalue weighted by Gasteiger charge is -2.27. The van der Waals surface area contributed by atoms with E-state index in [1.165, 1.54) is 34.4 Å². The van der Waals surface area contributed by atoms with Crippen molar-refractivity contribution in [1.29, 1.82) is 0 Å². The lowest BCUT2D eigenvalue weighted by Crippen LogP contribution is -2.20. The first kappa shape index (κ1) is 25.0. The van der Waals surface area contributed by atoms with Crippen LogP contribution in [0.25, 0.3) is 0 Å². The van der Waals surface area contributed by atoms with Crippen molar-refractivity contribution in [3.05, 3.63) is 81.3 Å². The number of carbonyl (C=O) groups excluding carboxylic acids is 1. The highest BCUT2D eigenvalue weighted by Gasteiger charge is 2.32. The summed E-state index contributed by atoms with van der Waals surface area (Å²) in [7, 11) is 4.13. The lowest BCUT2D eigenvalue weighted by atomic mass is 9.91. The third kappa shape index (κ3) is 5.09. The molecule has 2 aliphatic rings. The zero-order chi connectivity index (χ0) is 25.4. The SMILES string of the molecule is [CH2][C@@H]1C[C@@H](Nc2ncncc2C(=O)c2cc([C@H]3OCCc4ccc(CN(C)C)cc43)c(C)s2)C[C@@H]1O. The summed E-state index contributed by atoms with van der Waals surface area (Å²) < 4.78 is 6.28. The summed E-state index contributed by atoms with van der Waals surface area (Å²) in [6.45, 7) is 7.58. The Morgan fingerprint density at radius 3 is 2.86 bits per heavy atom. The van der Waals surface area contributed by atoms with E-state index in [1.54, 1.807) is 6.20 Å². The number of aliphatic hydroxyl groups is 1. The molecule has 3 heterocycles. The Balaban J connectivity index is 1.42. The second-order valence-electron chi connectivity index (χ2n) is 10.1. The first-order valence-corrected chi connectivity index (χ1v) is 13.2. The molecule has 1 saturated carbocycles. The van der Waals surface area contributed by atoms with Crippen LogP contribution < -0.4 is 5.32 Å². The maximum Gasteiger partial charge on any atom is 0.208 e. The minimum Gasteiger partial charge on any atom is -0.393 e. The number of ketones is 1. The summed E-state index contributed by atoms with van der Waals surface area (Å²) in [6, 6.07) is 8.65. The molecule has 2 N–H and O–H groups in total. The molecule has 1 fully saturated rings. The van der Waals surface area contributed by atoms with Crippen molar-refractivity contribution in [3.63, 3.8) is 0 Å². The van der Waals surface area contributed by atoms with Crippen LogP contribution >= 0.6 is 11.3 Å². The van der Waals surface area contributed by atoms with Crippen LogP contribution in [0.4, 0.5) is 5.82 Å². The number of nitrogens with zero attached hydrogens (tertiary/aromatic N) is 3. The Labute approximate surface area is 216 Å². The first-order chi connectivity index (χ1) is 17.3. The first-order valence-electron chi connectivity index (χ1n) is 12.4. The summed E-state index contributed by atoms with van der Waals surface area (Å²) in [4.78, 5) is 26.0. The predicted octanol–water partition coefficient (Wildman–Crippen LogP) is 4.19. The van der Waals surface area contributed by atoms with E-state index in [0.29, 0.717) is 29.3 Å². The van der Waals surface area contributed by atoms with E-state index in [-0.39, 0.29) is 23.8 Å². The van der Waals surface area contributed by atoms with Gasteiger partial charge in [0.05, 0.1) is 23.2 Å². The topological polar surface area (TPSA) is 87.6 Å². The standard InChI is InChI=1S/C28H33N4O3S/c1-16-9-20(11-24(16)33)31-28-23(13-29-15-30-28)26(34)25-12-21(17(2)36-25)27-22-10-18(14-32(3)4)5-6-19(22)7-8-35-27/h5-6,10,12-13,15-16,20,24,27,33H,1,7-9,11,14H2,2-4H3,(H,29,30,31)/t16-,20-,24+,27-/m1/s1. The highest BCUT2D eigenvalue weighted by atomic mass is 32.1. The van der Waals surface area contributed by atoms with Crippen molar-refractivity contribution in [2.75, 3.05) is 26.0 Å². The van der Waals surface area contributed by atoms with Gasteiger partial charge < -0.3 is 20.1 Å². The molecule has 5 rings (SSSR count). The number of benzene rings is 1. The normalized spacial score (nSPS) is 23.6. The van der Waals surface area contributed by atoms with Crippen LogP contribution in [0.1, 0.15) is 61.3 Å². The fourth-order valence-electron chi connectivity index (χ4n) is 5.24. The molecule has 0 unspecified atom stereocenters. The number of hydrogen-bond acceptors (Lipinski definition) is 8. The van der Waals surface area contributed by atoms with E-state index in [2.05, 4.69) is 59.4 Å². The van der Waals surface area contributed by atoms with Gasteiger partial charge in [0, 0.05) is 23.7 Å². The van der Waals surface area contributed by atoms with Crippen LogP contribution in [0.15, 0.2) is 36.8 Å². The lowest BCUT2D eigenvalue weighted by molar-refractivity contribution is 0.0696. The van der Waals surface area contributed by atoms with Crippen molar-refractivity contribution in [3.8, 4) is 0 Å². The van der Waals surface area contributed by atoms with Gasteiger partial charge in [-0.1, -0.05) is 18.2 Å². The van der Waals surface area contributed by atoms with Gasteiger partial charge in [0.15, 0.2) is 0 Å². The molecule has 0 bridgehead atoms. The van der Waals surface area contributed by atoms with Gasteiger partial charge in [-0.25, -0.2) is 9.97 Å². The van der Waals surface area contributed by atoms with Gasteiger partial charge in [-0.3, -0.25) is 4.79 Å². The van der Waals surface area contributed by atoms with Gasteiger partial charge in [0.2, 0.25) is 5.78 Å². The maximum atomic E-state index is 13.6. The van der Waals surface area contributed by atoms with E-state index in [1.807, 2.05) is 13.0 Å². The van der Waals surface area contributed by atoms with Gasteiger partial charge in [-0.05, 0) is 81.4 Å². The largest absolute Gasteiger partial charge is 0.393 e. The van der Waals surface area contributed by atoms with Crippen molar-refractivity contribution < 1.29 is 14.6 Å². The van der Waals surface area contributed by atoms with Crippen LogP contribution in [-0.2, 0) is 17.7 Å². The molecule has 0 amide bonds. The van der Waals surface area contributed by atoms with Crippen LogP contribution in [0.2, 0.25) is 0 Å². The molecule has 1 aliphatic carbocycles. The molecule has 3 aromatic rings. The zero-order valence-electron chi connectivity index (χ0n) is 21.0. The van der Waals surface area contributed by atoms with Crippen LogP contribution in [-0.4, -0.2) is 58.6 Å². The molecular formula is C28H33N4O3S. The van der Waals surface area contributed by atoms with Gasteiger partial charge >= 0.3 is 0 Å². The van der Waals surface area contributed by atoms with E-state index < -0.39 is 6.10 Å². The molecule has 189 valence electrons. The number of fused-ring (bicyclic) bond motifs is 1. The van der Waals surface area contributed by atoms with E-state index in [9.17, 15) is 9.90 Å². The Kier molecular flexibility index (Phi) is 7.21. The van der Waals surface area contributed by atoms with Gasteiger partial charge in [-0.15, -0.1) is 11.3 Å². The summed E-state index contributed by atoms with van der Waals surface area (Å²) in [5.74, 6) is 0.364. The highest BCUT2D eigenvalue weighted by molar-refractivity contribution is 7.14. The number of rotatable bonds is 7. The monoisotopic (exact) mass is 505 g/mol. The minimum absolute atomic E-state index is 0.0214. The Bertz CT molecular complexity index is 1250. The Morgan fingerprint density at radius 1 is 1.28 bits per heavy atom. The van der Waals surface area contributed by atoms with E-state index in [4.69, 9.17) is 4.74 Å². The molecule has 7 nitrogen and oxygen atoms in total. The zero-order valence-corrected chi connectivity index (χ0v) is 21.8. The van der Waals surface area contributed by atoms with Gasteiger partial charge in [0.1, 0.15) is 18.2 Å². The number of hydrogen-bond donors (Lipinski definition) is 2. The van der Waals surface area contributed by atoms with Crippen molar-refractivity contribution >= 4 is 22.9 Å². The average Bonchev–Trinajstić information content (AvgIpc) is 3.39. The quantitative estimate of drug-likeness (QED) is 0.466. The fourth-order valence-corrected chi connectivity index (χ4v) is 6.24. The van der Waals surface area contributed by atoms with Crippen molar-refractivity contribution in [1.82, 2.24) is 14.9 Å². The molecule has 0 spiro atoms. The number of aromatic nitrogens is 2. The molecule has 1 aliphatic heterocycles. The van der Waals surface area contributed by atoms with Crippen LogP contribution in [0.5, 0.6) is 0 Å². The summed E-state index contributed by atoms with van der Waals surface area (Å²) >= 11 is 1.48. The average molecular weight is 506 g/mol. The number of carbonyl (C=O) groups is 1. The Morgan fingerprint density at radius 2 is 2.11 bits per heavy atom. The second-order valence-corrected chi connectivity index (χ2v) is 11.4. The number of ether oxygens (including phenoxy) is 1. The third-order valence-corrected chi connectivity index (χ3v) is 8.13. The molecule has 2 aromatic heterocycles. The number of nitrogens with one attached hydrogen (secondary N) is 1. The number of aliphatic hydroxyl groups excluding tert-OH is 1.